The van der Waals surface area contributed by atoms with Gasteiger partial charge in [0.1, 0.15) is 5.75 Å². The third-order valence-corrected chi connectivity index (χ3v) is 1.29. The van der Waals surface area contributed by atoms with Crippen molar-refractivity contribution in [2.75, 3.05) is 5.73 Å². The Morgan fingerprint density at radius 2 is 1.64 bits per heavy atom. The number of nitrogens with two attached hydrogens (primary N) is 1. The van der Waals surface area contributed by atoms with Crippen molar-refractivity contribution in [3.05, 3.63) is 24.3 Å². The third-order valence-electron chi connectivity index (χ3n) is 1.29. The van der Waals surface area contributed by atoms with Crippen molar-refractivity contribution in [2.45, 2.75) is 19.3 Å². The predicted molar refractivity (Wildman–Crippen MR) is 46.4 cm³/mol. The number of hydrogen-bond acceptors (Lipinski definition) is 2. The molecule has 1 aromatic carbocycles. The number of aromatic hydroxyl groups is 1. The van der Waals surface area contributed by atoms with Gasteiger partial charge in [-0.25, -0.2) is 0 Å². The number of hydrogen-bond donors (Lipinski definition) is 2. The molecule has 2 heteroatoms. The predicted octanol–water partition coefficient (Wildman–Crippen LogP) is 2.14. The van der Waals surface area contributed by atoms with Gasteiger partial charge in [0, 0.05) is 0 Å². The van der Waals surface area contributed by atoms with E-state index in [9.17, 15) is 0 Å². The molecule has 0 heterocycles. The van der Waals surface area contributed by atoms with Gasteiger partial charge in [-0.15, -0.1) is 0 Å². The zero-order valence-corrected chi connectivity index (χ0v) is 6.46. The van der Waals surface area contributed by atoms with Gasteiger partial charge in [0.25, 0.3) is 0 Å². The van der Waals surface area contributed by atoms with Crippen LogP contribution in [0.2, 0.25) is 0 Å². The second-order valence-electron chi connectivity index (χ2n) is 2.62. The number of benzene rings is 1. The standard InChI is InChI=1S/C6H7NO.C3H6/c7-5-3-1-2-4-6(5)8;1-2-3-1/h1-4,8H,7H2;1-3H2. The SMILES string of the molecule is C1CC1.Nc1ccccc1O. The van der Waals surface area contributed by atoms with Crippen LogP contribution in [0.5, 0.6) is 5.75 Å². The second kappa shape index (κ2) is 3.86. The van der Waals surface area contributed by atoms with E-state index >= 15 is 0 Å². The molecule has 11 heavy (non-hydrogen) atoms. The fraction of sp³-hybridized carbons (Fsp3) is 0.333. The van der Waals surface area contributed by atoms with E-state index in [-0.39, 0.29) is 5.75 Å². The van der Waals surface area contributed by atoms with Gasteiger partial charge in [0.05, 0.1) is 5.69 Å². The molecule has 1 fully saturated rings. The summed E-state index contributed by atoms with van der Waals surface area (Å²) in [5.41, 5.74) is 5.69. The molecule has 0 unspecified atom stereocenters. The molecule has 0 amide bonds. The lowest BCUT2D eigenvalue weighted by atomic mass is 10.3. The average molecular weight is 151 g/mol. The highest BCUT2D eigenvalue weighted by Gasteiger charge is 1.95. The Bertz CT molecular complexity index is 197. The van der Waals surface area contributed by atoms with Gasteiger partial charge in [0.2, 0.25) is 0 Å². The molecule has 2 nitrogen and oxygen atoms in total. The molecule has 0 radical (unpaired) electrons. The van der Waals surface area contributed by atoms with Crippen molar-refractivity contribution in [3.63, 3.8) is 0 Å². The quantitative estimate of drug-likeness (QED) is 0.441. The number of phenols is 1. The minimum absolute atomic E-state index is 0.146. The highest BCUT2D eigenvalue weighted by Crippen LogP contribution is 2.16. The molecule has 3 N–H and O–H groups in total. The van der Waals surface area contributed by atoms with Crippen molar-refractivity contribution < 1.29 is 5.11 Å². The van der Waals surface area contributed by atoms with Crippen LogP contribution in [0, 0.1) is 0 Å². The number of phenolic OH excluding ortho intramolecular Hbond substituents is 1. The maximum Gasteiger partial charge on any atom is 0.138 e. The van der Waals surface area contributed by atoms with Crippen LogP contribution in [-0.4, -0.2) is 5.11 Å². The molecule has 0 spiro atoms. The van der Waals surface area contributed by atoms with E-state index in [1.807, 2.05) is 0 Å². The minimum atomic E-state index is 0.146. The molecule has 0 atom stereocenters. The Labute approximate surface area is 66.7 Å². The molecule has 60 valence electrons. The molecule has 0 saturated heterocycles. The van der Waals surface area contributed by atoms with Crippen LogP contribution in [-0.2, 0) is 0 Å². The van der Waals surface area contributed by atoms with Crippen LogP contribution < -0.4 is 5.73 Å². The fourth-order valence-electron chi connectivity index (χ4n) is 0.488. The average Bonchev–Trinajstić information content (AvgIpc) is 2.80. The molecule has 0 aliphatic heterocycles. The number of para-hydroxylation sites is 2. The maximum atomic E-state index is 8.79. The fourth-order valence-corrected chi connectivity index (χ4v) is 0.488. The summed E-state index contributed by atoms with van der Waals surface area (Å²) in [5, 5.41) is 8.79. The Morgan fingerprint density at radius 1 is 1.09 bits per heavy atom. The lowest BCUT2D eigenvalue weighted by Crippen LogP contribution is -1.82. The molecule has 1 aliphatic carbocycles. The third kappa shape index (κ3) is 3.50. The van der Waals surface area contributed by atoms with Gasteiger partial charge >= 0.3 is 0 Å². The highest BCUT2D eigenvalue weighted by atomic mass is 16.3. The molecule has 0 bridgehead atoms. The number of rotatable bonds is 0. The van der Waals surface area contributed by atoms with Crippen molar-refractivity contribution >= 4 is 5.69 Å². The molecule has 1 aliphatic rings. The van der Waals surface area contributed by atoms with Crippen LogP contribution in [0.25, 0.3) is 0 Å². The van der Waals surface area contributed by atoms with E-state index in [1.54, 1.807) is 24.3 Å². The van der Waals surface area contributed by atoms with Gasteiger partial charge < -0.3 is 10.8 Å². The summed E-state index contributed by atoms with van der Waals surface area (Å²) in [7, 11) is 0. The lowest BCUT2D eigenvalue weighted by Gasteiger charge is -1.92. The van der Waals surface area contributed by atoms with Crippen LogP contribution >= 0.6 is 0 Å². The zero-order valence-electron chi connectivity index (χ0n) is 6.46. The summed E-state index contributed by atoms with van der Waals surface area (Å²) in [6, 6.07) is 6.70. The molecule has 0 aromatic heterocycles. The molecular formula is C9H13NO. The largest absolute Gasteiger partial charge is 0.506 e. The maximum absolute atomic E-state index is 8.79. The first-order valence-corrected chi connectivity index (χ1v) is 3.84. The molecular weight excluding hydrogens is 138 g/mol. The number of anilines is 1. The summed E-state index contributed by atoms with van der Waals surface area (Å²) in [6.07, 6.45) is 4.50. The first kappa shape index (κ1) is 7.92. The van der Waals surface area contributed by atoms with Crippen molar-refractivity contribution in [3.8, 4) is 5.75 Å². The van der Waals surface area contributed by atoms with E-state index in [0.717, 1.165) is 0 Å². The molecule has 2 rings (SSSR count). The Hall–Kier alpha value is -1.18. The lowest BCUT2D eigenvalue weighted by molar-refractivity contribution is 0.478. The van der Waals surface area contributed by atoms with Crippen LogP contribution in [0.1, 0.15) is 19.3 Å². The summed E-state index contributed by atoms with van der Waals surface area (Å²) < 4.78 is 0. The summed E-state index contributed by atoms with van der Waals surface area (Å²) in [4.78, 5) is 0. The zero-order chi connectivity index (χ0) is 8.10. The Balaban J connectivity index is 0.000000167. The topological polar surface area (TPSA) is 46.2 Å². The smallest absolute Gasteiger partial charge is 0.138 e. The monoisotopic (exact) mass is 151 g/mol. The number of nitrogen functional groups attached to an aromatic ring is 1. The van der Waals surface area contributed by atoms with E-state index in [2.05, 4.69) is 0 Å². The van der Waals surface area contributed by atoms with Gasteiger partial charge in [0.15, 0.2) is 0 Å². The van der Waals surface area contributed by atoms with E-state index < -0.39 is 0 Å². The van der Waals surface area contributed by atoms with Gasteiger partial charge in [-0.3, -0.25) is 0 Å². The summed E-state index contributed by atoms with van der Waals surface area (Å²) >= 11 is 0. The Morgan fingerprint density at radius 3 is 1.91 bits per heavy atom. The van der Waals surface area contributed by atoms with E-state index in [1.165, 1.54) is 19.3 Å². The summed E-state index contributed by atoms with van der Waals surface area (Å²) in [6.45, 7) is 0. The molecule has 1 aromatic rings. The normalized spacial score (nSPS) is 13.1. The highest BCUT2D eigenvalue weighted by molar-refractivity contribution is 5.50. The van der Waals surface area contributed by atoms with Crippen molar-refractivity contribution in [2.24, 2.45) is 0 Å². The van der Waals surface area contributed by atoms with E-state index in [0.29, 0.717) is 5.69 Å². The Kier molecular flexibility index (Phi) is 2.78. The molecule has 1 saturated carbocycles. The van der Waals surface area contributed by atoms with E-state index in [4.69, 9.17) is 10.8 Å². The first-order chi connectivity index (χ1) is 5.30. The van der Waals surface area contributed by atoms with Crippen molar-refractivity contribution in [1.29, 1.82) is 0 Å². The van der Waals surface area contributed by atoms with Crippen LogP contribution in [0.3, 0.4) is 0 Å². The first-order valence-electron chi connectivity index (χ1n) is 3.84. The van der Waals surface area contributed by atoms with Gasteiger partial charge in [-0.05, 0) is 12.1 Å². The van der Waals surface area contributed by atoms with Crippen LogP contribution in [0.15, 0.2) is 24.3 Å². The van der Waals surface area contributed by atoms with Gasteiger partial charge in [-0.1, -0.05) is 31.4 Å². The minimum Gasteiger partial charge on any atom is -0.506 e. The second-order valence-corrected chi connectivity index (χ2v) is 2.62. The van der Waals surface area contributed by atoms with Crippen LogP contribution in [0.4, 0.5) is 5.69 Å². The summed E-state index contributed by atoms with van der Waals surface area (Å²) in [5.74, 6) is 0.146. The van der Waals surface area contributed by atoms with Crippen molar-refractivity contribution in [1.82, 2.24) is 0 Å². The van der Waals surface area contributed by atoms with Gasteiger partial charge in [-0.2, -0.15) is 0 Å².